The summed E-state index contributed by atoms with van der Waals surface area (Å²) in [5, 5.41) is 13.3. The third kappa shape index (κ3) is 3.39. The first-order chi connectivity index (χ1) is 11.4. The van der Waals surface area contributed by atoms with Crippen molar-refractivity contribution in [2.75, 3.05) is 18.0 Å². The first-order valence-electron chi connectivity index (χ1n) is 8.21. The number of anilines is 1. The SMILES string of the molecule is CC1CC(C(=O)O)CN(c2cc(-c3nc(C(C)C)no3)ccn2)C1. The molecule has 1 aliphatic heterocycles. The van der Waals surface area contributed by atoms with Gasteiger partial charge in [-0.2, -0.15) is 4.98 Å². The summed E-state index contributed by atoms with van der Waals surface area (Å²) >= 11 is 0. The summed E-state index contributed by atoms with van der Waals surface area (Å²) in [5.74, 6) is 1.26. The number of aliphatic carboxylic acids is 1. The van der Waals surface area contributed by atoms with Crippen molar-refractivity contribution in [1.82, 2.24) is 15.1 Å². The quantitative estimate of drug-likeness (QED) is 0.921. The summed E-state index contributed by atoms with van der Waals surface area (Å²) in [5.41, 5.74) is 0.796. The Morgan fingerprint density at radius 3 is 2.88 bits per heavy atom. The molecule has 0 aromatic carbocycles. The summed E-state index contributed by atoms with van der Waals surface area (Å²) in [4.78, 5) is 22.2. The van der Waals surface area contributed by atoms with Crippen LogP contribution in [0.15, 0.2) is 22.9 Å². The Balaban J connectivity index is 1.85. The number of hydrogen-bond donors (Lipinski definition) is 1. The minimum atomic E-state index is -0.749. The number of carbonyl (C=O) groups is 1. The fourth-order valence-corrected chi connectivity index (χ4v) is 3.03. The summed E-state index contributed by atoms with van der Waals surface area (Å²) in [6.45, 7) is 7.35. The summed E-state index contributed by atoms with van der Waals surface area (Å²) in [7, 11) is 0. The zero-order valence-electron chi connectivity index (χ0n) is 14.1. The van der Waals surface area contributed by atoms with E-state index in [1.54, 1.807) is 6.20 Å². The fourth-order valence-electron chi connectivity index (χ4n) is 3.03. The maximum Gasteiger partial charge on any atom is 0.308 e. The van der Waals surface area contributed by atoms with Gasteiger partial charge in [-0.05, 0) is 24.5 Å². The number of rotatable bonds is 4. The Kier molecular flexibility index (Phi) is 4.51. The largest absolute Gasteiger partial charge is 0.481 e. The molecular weight excluding hydrogens is 308 g/mol. The van der Waals surface area contributed by atoms with Crippen molar-refractivity contribution in [3.05, 3.63) is 24.2 Å². The maximum atomic E-state index is 11.4. The zero-order valence-corrected chi connectivity index (χ0v) is 14.1. The normalized spacial score (nSPS) is 21.2. The standard InChI is InChI=1S/C17H22N4O3/c1-10(2)15-19-16(24-20-15)12-4-5-18-14(7-12)21-8-11(3)6-13(9-21)17(22)23/h4-5,7,10-11,13H,6,8-9H2,1-3H3,(H,22,23). The van der Waals surface area contributed by atoms with Gasteiger partial charge in [0.2, 0.25) is 0 Å². The molecule has 0 amide bonds. The lowest BCUT2D eigenvalue weighted by Crippen LogP contribution is -2.42. The Morgan fingerprint density at radius 2 is 2.21 bits per heavy atom. The Labute approximate surface area is 140 Å². The third-order valence-corrected chi connectivity index (χ3v) is 4.28. The molecule has 0 radical (unpaired) electrons. The van der Waals surface area contributed by atoms with E-state index in [0.717, 1.165) is 17.9 Å². The first kappa shape index (κ1) is 16.4. The topological polar surface area (TPSA) is 92.3 Å². The zero-order chi connectivity index (χ0) is 17.3. The number of hydrogen-bond acceptors (Lipinski definition) is 6. The Morgan fingerprint density at radius 1 is 1.42 bits per heavy atom. The highest BCUT2D eigenvalue weighted by Crippen LogP contribution is 2.28. The van der Waals surface area contributed by atoms with Gasteiger partial charge in [0.1, 0.15) is 5.82 Å². The molecule has 0 bridgehead atoms. The van der Waals surface area contributed by atoms with E-state index >= 15 is 0 Å². The van der Waals surface area contributed by atoms with E-state index in [4.69, 9.17) is 4.52 Å². The molecule has 0 spiro atoms. The molecule has 3 rings (SSSR count). The van der Waals surface area contributed by atoms with E-state index in [-0.39, 0.29) is 11.8 Å². The van der Waals surface area contributed by atoms with Crippen LogP contribution in [-0.2, 0) is 4.79 Å². The van der Waals surface area contributed by atoms with Crippen LogP contribution in [0, 0.1) is 11.8 Å². The van der Waals surface area contributed by atoms with Crippen molar-refractivity contribution in [2.45, 2.75) is 33.1 Å². The van der Waals surface area contributed by atoms with Gasteiger partial charge in [-0.1, -0.05) is 25.9 Å². The molecule has 1 aliphatic rings. The van der Waals surface area contributed by atoms with Crippen LogP contribution in [0.4, 0.5) is 5.82 Å². The van der Waals surface area contributed by atoms with Crippen molar-refractivity contribution in [3.63, 3.8) is 0 Å². The molecule has 3 heterocycles. The van der Waals surface area contributed by atoms with Crippen molar-refractivity contribution >= 4 is 11.8 Å². The van der Waals surface area contributed by atoms with Gasteiger partial charge in [0.15, 0.2) is 5.82 Å². The maximum absolute atomic E-state index is 11.4. The number of pyridine rings is 1. The van der Waals surface area contributed by atoms with Crippen LogP contribution < -0.4 is 4.90 Å². The van der Waals surface area contributed by atoms with Gasteiger partial charge in [0.25, 0.3) is 5.89 Å². The van der Waals surface area contributed by atoms with Gasteiger partial charge in [-0.15, -0.1) is 0 Å². The molecule has 0 aliphatic carbocycles. The number of carboxylic acid groups (broad SMARTS) is 1. The van der Waals surface area contributed by atoms with E-state index in [1.807, 2.05) is 30.9 Å². The van der Waals surface area contributed by atoms with E-state index < -0.39 is 5.97 Å². The average molecular weight is 330 g/mol. The first-order valence-corrected chi connectivity index (χ1v) is 8.21. The average Bonchev–Trinajstić information content (AvgIpc) is 3.04. The van der Waals surface area contributed by atoms with Crippen LogP contribution in [0.5, 0.6) is 0 Å². The van der Waals surface area contributed by atoms with Crippen molar-refractivity contribution in [1.29, 1.82) is 0 Å². The third-order valence-electron chi connectivity index (χ3n) is 4.28. The molecule has 0 saturated carbocycles. The predicted octanol–water partition coefficient (Wildman–Crippen LogP) is 2.80. The smallest absolute Gasteiger partial charge is 0.308 e. The molecule has 1 fully saturated rings. The van der Waals surface area contributed by atoms with Crippen LogP contribution in [-0.4, -0.2) is 39.3 Å². The molecule has 128 valence electrons. The summed E-state index contributed by atoms with van der Waals surface area (Å²) in [6.07, 6.45) is 2.39. The lowest BCUT2D eigenvalue weighted by Gasteiger charge is -2.35. The molecule has 24 heavy (non-hydrogen) atoms. The monoisotopic (exact) mass is 330 g/mol. The van der Waals surface area contributed by atoms with Crippen LogP contribution in [0.25, 0.3) is 11.5 Å². The Hall–Kier alpha value is -2.44. The van der Waals surface area contributed by atoms with Crippen molar-refractivity contribution in [3.8, 4) is 11.5 Å². The summed E-state index contributed by atoms with van der Waals surface area (Å²) < 4.78 is 5.33. The molecule has 2 atom stereocenters. The number of carboxylic acids is 1. The van der Waals surface area contributed by atoms with Crippen LogP contribution in [0.1, 0.15) is 38.9 Å². The van der Waals surface area contributed by atoms with Crippen LogP contribution >= 0.6 is 0 Å². The summed E-state index contributed by atoms with van der Waals surface area (Å²) in [6, 6.07) is 3.71. The number of aromatic nitrogens is 3. The molecule has 7 nitrogen and oxygen atoms in total. The second-order valence-electron chi connectivity index (χ2n) is 6.80. The molecular formula is C17H22N4O3. The van der Waals surface area contributed by atoms with Gasteiger partial charge in [0.05, 0.1) is 5.92 Å². The van der Waals surface area contributed by atoms with Gasteiger partial charge < -0.3 is 14.5 Å². The number of piperidine rings is 1. The van der Waals surface area contributed by atoms with Crippen molar-refractivity contribution in [2.24, 2.45) is 11.8 Å². The lowest BCUT2D eigenvalue weighted by molar-refractivity contribution is -0.142. The highest BCUT2D eigenvalue weighted by Gasteiger charge is 2.30. The fraction of sp³-hybridized carbons (Fsp3) is 0.529. The van der Waals surface area contributed by atoms with Gasteiger partial charge in [-0.25, -0.2) is 4.98 Å². The second-order valence-corrected chi connectivity index (χ2v) is 6.80. The second kappa shape index (κ2) is 6.59. The molecule has 2 aromatic heterocycles. The minimum absolute atomic E-state index is 0.197. The van der Waals surface area contributed by atoms with E-state index in [1.165, 1.54) is 0 Å². The van der Waals surface area contributed by atoms with E-state index in [0.29, 0.717) is 30.6 Å². The van der Waals surface area contributed by atoms with Crippen LogP contribution in [0.2, 0.25) is 0 Å². The predicted molar refractivity (Wildman–Crippen MR) is 88.7 cm³/mol. The van der Waals surface area contributed by atoms with Gasteiger partial charge in [0, 0.05) is 30.8 Å². The molecule has 2 aromatic rings. The molecule has 1 saturated heterocycles. The minimum Gasteiger partial charge on any atom is -0.481 e. The number of nitrogens with zero attached hydrogens (tertiary/aromatic N) is 4. The lowest BCUT2D eigenvalue weighted by atomic mass is 9.90. The van der Waals surface area contributed by atoms with Crippen molar-refractivity contribution < 1.29 is 14.4 Å². The Bertz CT molecular complexity index is 728. The van der Waals surface area contributed by atoms with Crippen LogP contribution in [0.3, 0.4) is 0 Å². The molecule has 7 heteroatoms. The van der Waals surface area contributed by atoms with E-state index in [9.17, 15) is 9.90 Å². The molecule has 2 unspecified atom stereocenters. The molecule has 1 N–H and O–H groups in total. The van der Waals surface area contributed by atoms with Gasteiger partial charge >= 0.3 is 5.97 Å². The van der Waals surface area contributed by atoms with Gasteiger partial charge in [-0.3, -0.25) is 4.79 Å². The highest BCUT2D eigenvalue weighted by atomic mass is 16.5. The highest BCUT2D eigenvalue weighted by molar-refractivity contribution is 5.71. The van der Waals surface area contributed by atoms with E-state index in [2.05, 4.69) is 22.0 Å².